The highest BCUT2D eigenvalue weighted by atomic mass is 16.2. The summed E-state index contributed by atoms with van der Waals surface area (Å²) in [7, 11) is 0. The highest BCUT2D eigenvalue weighted by Gasteiger charge is 2.13. The van der Waals surface area contributed by atoms with Gasteiger partial charge >= 0.3 is 0 Å². The maximum atomic E-state index is 12.0. The van der Waals surface area contributed by atoms with E-state index in [1.54, 1.807) is 0 Å². The minimum Gasteiger partial charge on any atom is -0.325 e. The molecule has 3 heteroatoms. The average molecular weight is 254 g/mol. The van der Waals surface area contributed by atoms with E-state index in [9.17, 15) is 4.79 Å². The van der Waals surface area contributed by atoms with E-state index in [-0.39, 0.29) is 5.91 Å². The molecular weight excluding hydrogens is 236 g/mol. The minimum absolute atomic E-state index is 0.160. The van der Waals surface area contributed by atoms with Crippen LogP contribution in [0.15, 0.2) is 54.6 Å². The number of aryl methyl sites for hydroxylation is 1. The van der Waals surface area contributed by atoms with Crippen LogP contribution in [0.4, 0.5) is 5.69 Å². The van der Waals surface area contributed by atoms with Crippen LogP contribution in [0.25, 0.3) is 0 Å². The molecule has 0 aliphatic carbocycles. The molecule has 0 saturated heterocycles. The number of nitrogens with one attached hydrogen (secondary N) is 1. The number of carbonyl (C=O) groups excluding carboxylic acids is 1. The smallest absolute Gasteiger partial charge is 0.241 e. The van der Waals surface area contributed by atoms with E-state index in [4.69, 9.17) is 5.73 Å². The van der Waals surface area contributed by atoms with Crippen molar-refractivity contribution >= 4 is 11.6 Å². The largest absolute Gasteiger partial charge is 0.325 e. The monoisotopic (exact) mass is 254 g/mol. The summed E-state index contributed by atoms with van der Waals surface area (Å²) in [5, 5.41) is 2.83. The summed E-state index contributed by atoms with van der Waals surface area (Å²) in [6, 6.07) is 16.9. The first kappa shape index (κ1) is 13.3. The number of benzene rings is 2. The zero-order valence-corrected chi connectivity index (χ0v) is 11.0. The van der Waals surface area contributed by atoms with Crippen molar-refractivity contribution in [2.75, 3.05) is 5.32 Å². The van der Waals surface area contributed by atoms with Gasteiger partial charge in [-0.1, -0.05) is 48.0 Å². The molecule has 0 fully saturated rings. The van der Waals surface area contributed by atoms with Crippen LogP contribution < -0.4 is 11.1 Å². The Labute approximate surface area is 113 Å². The third-order valence-electron chi connectivity index (χ3n) is 2.95. The van der Waals surface area contributed by atoms with Crippen LogP contribution in [0.5, 0.6) is 0 Å². The molecule has 3 nitrogen and oxygen atoms in total. The Bertz CT molecular complexity index is 534. The summed E-state index contributed by atoms with van der Waals surface area (Å²) in [4.78, 5) is 12.0. The zero-order valence-electron chi connectivity index (χ0n) is 11.0. The molecule has 1 unspecified atom stereocenters. The molecular formula is C16H18N2O. The normalized spacial score (nSPS) is 11.9. The van der Waals surface area contributed by atoms with Gasteiger partial charge in [0.1, 0.15) is 0 Å². The standard InChI is InChI=1S/C16H18N2O/c1-12-7-9-14(10-8-12)18-16(19)15(17)11-13-5-3-2-4-6-13/h2-10,15H,11,17H2,1H3,(H,18,19). The van der Waals surface area contributed by atoms with Crippen LogP contribution in [0.1, 0.15) is 11.1 Å². The quantitative estimate of drug-likeness (QED) is 0.880. The Morgan fingerprint density at radius 1 is 1.11 bits per heavy atom. The van der Waals surface area contributed by atoms with Crippen LogP contribution in [-0.4, -0.2) is 11.9 Å². The van der Waals surface area contributed by atoms with E-state index >= 15 is 0 Å². The average Bonchev–Trinajstić information content (AvgIpc) is 2.42. The molecule has 1 amide bonds. The summed E-state index contributed by atoms with van der Waals surface area (Å²) in [6.45, 7) is 2.01. The van der Waals surface area contributed by atoms with Gasteiger partial charge < -0.3 is 11.1 Å². The molecule has 19 heavy (non-hydrogen) atoms. The van der Waals surface area contributed by atoms with E-state index in [2.05, 4.69) is 5.32 Å². The van der Waals surface area contributed by atoms with Crippen molar-refractivity contribution in [3.05, 3.63) is 65.7 Å². The predicted octanol–water partition coefficient (Wildman–Crippen LogP) is 2.50. The zero-order chi connectivity index (χ0) is 13.7. The summed E-state index contributed by atoms with van der Waals surface area (Å²) in [5.41, 5.74) is 8.91. The van der Waals surface area contributed by atoms with Crippen LogP contribution in [0, 0.1) is 6.92 Å². The van der Waals surface area contributed by atoms with Gasteiger partial charge in [0.2, 0.25) is 5.91 Å². The minimum atomic E-state index is -0.538. The van der Waals surface area contributed by atoms with Gasteiger partial charge in [0, 0.05) is 5.69 Å². The molecule has 0 aliphatic heterocycles. The fraction of sp³-hybridized carbons (Fsp3) is 0.188. The summed E-state index contributed by atoms with van der Waals surface area (Å²) >= 11 is 0. The third kappa shape index (κ3) is 3.93. The van der Waals surface area contributed by atoms with Gasteiger partial charge in [0.25, 0.3) is 0 Å². The number of carbonyl (C=O) groups is 1. The van der Waals surface area contributed by atoms with E-state index < -0.39 is 6.04 Å². The Balaban J connectivity index is 1.94. The Morgan fingerprint density at radius 3 is 2.37 bits per heavy atom. The lowest BCUT2D eigenvalue weighted by atomic mass is 10.1. The summed E-state index contributed by atoms with van der Waals surface area (Å²) in [5.74, 6) is -0.160. The molecule has 2 aromatic carbocycles. The lowest BCUT2D eigenvalue weighted by Crippen LogP contribution is -2.37. The molecule has 0 bridgehead atoms. The maximum Gasteiger partial charge on any atom is 0.241 e. The lowest BCUT2D eigenvalue weighted by Gasteiger charge is -2.12. The lowest BCUT2D eigenvalue weighted by molar-refractivity contribution is -0.117. The molecule has 1 atom stereocenters. The second-order valence-electron chi connectivity index (χ2n) is 4.65. The van der Waals surface area contributed by atoms with E-state index in [1.807, 2.05) is 61.5 Å². The van der Waals surface area contributed by atoms with Gasteiger partial charge in [-0.25, -0.2) is 0 Å². The Hall–Kier alpha value is -2.13. The van der Waals surface area contributed by atoms with Gasteiger partial charge in [-0.2, -0.15) is 0 Å². The fourth-order valence-electron chi connectivity index (χ4n) is 1.83. The third-order valence-corrected chi connectivity index (χ3v) is 2.95. The molecule has 98 valence electrons. The van der Waals surface area contributed by atoms with Gasteiger partial charge in [-0.05, 0) is 31.0 Å². The SMILES string of the molecule is Cc1ccc(NC(=O)C(N)Cc2ccccc2)cc1. The van der Waals surface area contributed by atoms with Gasteiger partial charge in [-0.15, -0.1) is 0 Å². The van der Waals surface area contributed by atoms with E-state index in [0.717, 1.165) is 16.8 Å². The first-order valence-electron chi connectivity index (χ1n) is 6.32. The van der Waals surface area contributed by atoms with Crippen molar-refractivity contribution in [3.63, 3.8) is 0 Å². The van der Waals surface area contributed by atoms with Crippen LogP contribution >= 0.6 is 0 Å². The molecule has 0 aliphatic rings. The molecule has 0 heterocycles. The topological polar surface area (TPSA) is 55.1 Å². The van der Waals surface area contributed by atoms with Crippen LogP contribution in [0.3, 0.4) is 0 Å². The molecule has 0 radical (unpaired) electrons. The highest BCUT2D eigenvalue weighted by Crippen LogP contribution is 2.09. The number of nitrogens with two attached hydrogens (primary N) is 1. The van der Waals surface area contributed by atoms with E-state index in [0.29, 0.717) is 6.42 Å². The van der Waals surface area contributed by atoms with Crippen LogP contribution in [0.2, 0.25) is 0 Å². The molecule has 0 saturated carbocycles. The van der Waals surface area contributed by atoms with Crippen molar-refractivity contribution < 1.29 is 4.79 Å². The highest BCUT2D eigenvalue weighted by molar-refractivity contribution is 5.94. The number of rotatable bonds is 4. The number of hydrogen-bond donors (Lipinski definition) is 2. The summed E-state index contributed by atoms with van der Waals surface area (Å²) in [6.07, 6.45) is 0.540. The number of amides is 1. The first-order chi connectivity index (χ1) is 9.15. The van der Waals surface area contributed by atoms with Gasteiger partial charge in [0.05, 0.1) is 6.04 Å². The molecule has 2 aromatic rings. The number of anilines is 1. The molecule has 2 rings (SSSR count). The fourth-order valence-corrected chi connectivity index (χ4v) is 1.83. The van der Waals surface area contributed by atoms with Crippen LogP contribution in [-0.2, 0) is 11.2 Å². The van der Waals surface area contributed by atoms with Gasteiger partial charge in [0.15, 0.2) is 0 Å². The second-order valence-corrected chi connectivity index (χ2v) is 4.65. The molecule has 0 spiro atoms. The maximum absolute atomic E-state index is 12.0. The van der Waals surface area contributed by atoms with Crippen molar-refractivity contribution in [2.45, 2.75) is 19.4 Å². The van der Waals surface area contributed by atoms with E-state index in [1.165, 1.54) is 0 Å². The second kappa shape index (κ2) is 6.16. The number of hydrogen-bond acceptors (Lipinski definition) is 2. The van der Waals surface area contributed by atoms with Crippen molar-refractivity contribution in [1.29, 1.82) is 0 Å². The Kier molecular flexibility index (Phi) is 4.31. The van der Waals surface area contributed by atoms with Gasteiger partial charge in [-0.3, -0.25) is 4.79 Å². The van der Waals surface area contributed by atoms with Crippen molar-refractivity contribution in [2.24, 2.45) is 5.73 Å². The van der Waals surface area contributed by atoms with Crippen molar-refractivity contribution in [1.82, 2.24) is 0 Å². The molecule has 0 aromatic heterocycles. The Morgan fingerprint density at radius 2 is 1.74 bits per heavy atom. The van der Waals surface area contributed by atoms with Crippen molar-refractivity contribution in [3.8, 4) is 0 Å². The first-order valence-corrected chi connectivity index (χ1v) is 6.32. The molecule has 3 N–H and O–H groups in total. The summed E-state index contributed by atoms with van der Waals surface area (Å²) < 4.78 is 0. The predicted molar refractivity (Wildman–Crippen MR) is 77.9 cm³/mol.